The molecule has 1 fully saturated rings. The van der Waals surface area contributed by atoms with E-state index in [4.69, 9.17) is 25.8 Å². The molecule has 1 heterocycles. The van der Waals surface area contributed by atoms with Crippen LogP contribution in [0.5, 0.6) is 17.4 Å². The van der Waals surface area contributed by atoms with Crippen LogP contribution in [0.1, 0.15) is 36.0 Å². The average Bonchev–Trinajstić information content (AvgIpc) is 2.70. The van der Waals surface area contributed by atoms with E-state index >= 15 is 0 Å². The molecule has 3 rings (SSSR count). The second-order valence-corrected chi connectivity index (χ2v) is 6.92. The highest BCUT2D eigenvalue weighted by Gasteiger charge is 2.24. The van der Waals surface area contributed by atoms with Gasteiger partial charge in [0, 0.05) is 29.9 Å². The van der Waals surface area contributed by atoms with Gasteiger partial charge in [-0.15, -0.1) is 0 Å². The van der Waals surface area contributed by atoms with Crippen molar-refractivity contribution in [2.45, 2.75) is 37.8 Å². The largest absolute Gasteiger partial charge is 0.497 e. The molecule has 0 aliphatic heterocycles. The van der Waals surface area contributed by atoms with E-state index in [1.54, 1.807) is 50.7 Å². The Bertz CT molecular complexity index is 752. The Morgan fingerprint density at radius 3 is 2.30 bits per heavy atom. The standard InChI is InChI=1S/C20H23ClN2O4/c1-25-17-9-13(10-18(11-17)26-2)20(24)23-15-4-6-16(7-5-15)27-19-8-3-14(21)12-22-19/h3,8-12,15-16H,4-7H2,1-2H3,(H,23,24). The topological polar surface area (TPSA) is 69.7 Å². The van der Waals surface area contributed by atoms with Gasteiger partial charge in [-0.3, -0.25) is 4.79 Å². The quantitative estimate of drug-likeness (QED) is 0.810. The molecule has 6 nitrogen and oxygen atoms in total. The summed E-state index contributed by atoms with van der Waals surface area (Å²) in [6, 6.07) is 8.81. The van der Waals surface area contributed by atoms with E-state index < -0.39 is 0 Å². The zero-order chi connectivity index (χ0) is 19.2. The van der Waals surface area contributed by atoms with Crippen LogP contribution in [-0.4, -0.2) is 37.3 Å². The Kier molecular flexibility index (Phi) is 6.40. The van der Waals surface area contributed by atoms with E-state index in [0.29, 0.717) is 28.0 Å². The molecule has 27 heavy (non-hydrogen) atoms. The average molecular weight is 391 g/mol. The van der Waals surface area contributed by atoms with Crippen molar-refractivity contribution < 1.29 is 19.0 Å². The van der Waals surface area contributed by atoms with Crippen molar-refractivity contribution in [2.75, 3.05) is 14.2 Å². The monoisotopic (exact) mass is 390 g/mol. The van der Waals surface area contributed by atoms with E-state index in [9.17, 15) is 4.79 Å². The molecule has 0 radical (unpaired) electrons. The lowest BCUT2D eigenvalue weighted by Crippen LogP contribution is -2.39. The summed E-state index contributed by atoms with van der Waals surface area (Å²) in [7, 11) is 3.13. The van der Waals surface area contributed by atoms with Crippen LogP contribution in [-0.2, 0) is 0 Å². The Labute approximate surface area is 163 Å². The van der Waals surface area contributed by atoms with Crippen molar-refractivity contribution in [3.8, 4) is 17.4 Å². The number of rotatable bonds is 6. The fourth-order valence-electron chi connectivity index (χ4n) is 3.14. The first-order valence-electron chi connectivity index (χ1n) is 8.89. The molecule has 1 aromatic carbocycles. The van der Waals surface area contributed by atoms with Crippen molar-refractivity contribution in [3.63, 3.8) is 0 Å². The molecule has 2 aromatic rings. The molecule has 0 unspecified atom stereocenters. The molecule has 0 atom stereocenters. The summed E-state index contributed by atoms with van der Waals surface area (Å²) < 4.78 is 16.3. The lowest BCUT2D eigenvalue weighted by molar-refractivity contribution is 0.0889. The number of halogens is 1. The lowest BCUT2D eigenvalue weighted by Gasteiger charge is -2.29. The van der Waals surface area contributed by atoms with Gasteiger partial charge in [-0.05, 0) is 43.9 Å². The second-order valence-electron chi connectivity index (χ2n) is 6.48. The Balaban J connectivity index is 1.53. The van der Waals surface area contributed by atoms with Crippen LogP contribution in [0.25, 0.3) is 0 Å². The zero-order valence-electron chi connectivity index (χ0n) is 15.4. The van der Waals surface area contributed by atoms with Gasteiger partial charge in [0.15, 0.2) is 0 Å². The van der Waals surface area contributed by atoms with Gasteiger partial charge in [-0.1, -0.05) is 11.6 Å². The van der Waals surface area contributed by atoms with Crippen LogP contribution in [0.2, 0.25) is 5.02 Å². The molecule has 1 aliphatic carbocycles. The van der Waals surface area contributed by atoms with Crippen LogP contribution in [0, 0.1) is 0 Å². The maximum absolute atomic E-state index is 12.6. The minimum Gasteiger partial charge on any atom is -0.497 e. The molecule has 1 aromatic heterocycles. The number of carbonyl (C=O) groups is 1. The summed E-state index contributed by atoms with van der Waals surface area (Å²) >= 11 is 5.84. The van der Waals surface area contributed by atoms with Crippen molar-refractivity contribution in [1.29, 1.82) is 0 Å². The molecule has 7 heteroatoms. The Hall–Kier alpha value is -2.47. The van der Waals surface area contributed by atoms with E-state index in [1.807, 2.05) is 0 Å². The highest BCUT2D eigenvalue weighted by atomic mass is 35.5. The molecule has 1 aliphatic rings. The number of nitrogens with one attached hydrogen (secondary N) is 1. The van der Waals surface area contributed by atoms with Crippen LogP contribution in [0.15, 0.2) is 36.5 Å². The number of methoxy groups -OCH3 is 2. The molecule has 0 saturated heterocycles. The van der Waals surface area contributed by atoms with Crippen LogP contribution < -0.4 is 19.5 Å². The summed E-state index contributed by atoms with van der Waals surface area (Å²) in [5.41, 5.74) is 0.523. The molecule has 1 saturated carbocycles. The van der Waals surface area contributed by atoms with E-state index in [1.165, 1.54) is 0 Å². The van der Waals surface area contributed by atoms with E-state index in [-0.39, 0.29) is 18.1 Å². The number of ether oxygens (including phenoxy) is 3. The number of nitrogens with zero attached hydrogens (tertiary/aromatic N) is 1. The molecular weight excluding hydrogens is 368 g/mol. The predicted molar refractivity (Wildman–Crippen MR) is 103 cm³/mol. The third-order valence-corrected chi connectivity index (χ3v) is 4.83. The minimum absolute atomic E-state index is 0.101. The molecule has 1 N–H and O–H groups in total. The van der Waals surface area contributed by atoms with E-state index in [0.717, 1.165) is 25.7 Å². The SMILES string of the molecule is COc1cc(OC)cc(C(=O)NC2CCC(Oc3ccc(Cl)cn3)CC2)c1. The summed E-state index contributed by atoms with van der Waals surface area (Å²) in [5.74, 6) is 1.63. The third kappa shape index (κ3) is 5.26. The first-order chi connectivity index (χ1) is 13.1. The summed E-state index contributed by atoms with van der Waals surface area (Å²) in [6.45, 7) is 0. The highest BCUT2D eigenvalue weighted by Crippen LogP contribution is 2.25. The van der Waals surface area contributed by atoms with E-state index in [2.05, 4.69) is 10.3 Å². The van der Waals surface area contributed by atoms with Gasteiger partial charge in [-0.2, -0.15) is 0 Å². The number of pyridine rings is 1. The third-order valence-electron chi connectivity index (χ3n) is 4.61. The summed E-state index contributed by atoms with van der Waals surface area (Å²) in [5, 5.41) is 3.68. The zero-order valence-corrected chi connectivity index (χ0v) is 16.2. The minimum atomic E-state index is -0.129. The molecular formula is C20H23ClN2O4. The van der Waals surface area contributed by atoms with Crippen molar-refractivity contribution in [3.05, 3.63) is 47.1 Å². The number of carbonyl (C=O) groups excluding carboxylic acids is 1. The summed E-state index contributed by atoms with van der Waals surface area (Å²) in [6.07, 6.45) is 5.10. The molecule has 144 valence electrons. The fourth-order valence-corrected chi connectivity index (χ4v) is 3.25. The van der Waals surface area contributed by atoms with Gasteiger partial charge in [0.25, 0.3) is 5.91 Å². The van der Waals surface area contributed by atoms with Crippen molar-refractivity contribution >= 4 is 17.5 Å². The number of hydrogen-bond donors (Lipinski definition) is 1. The number of aromatic nitrogens is 1. The first-order valence-corrected chi connectivity index (χ1v) is 9.27. The molecule has 0 bridgehead atoms. The first kappa shape index (κ1) is 19.3. The van der Waals surface area contributed by atoms with Gasteiger partial charge < -0.3 is 19.5 Å². The Morgan fingerprint density at radius 1 is 1.07 bits per heavy atom. The van der Waals surface area contributed by atoms with Gasteiger partial charge >= 0.3 is 0 Å². The van der Waals surface area contributed by atoms with Gasteiger partial charge in [0.05, 0.1) is 19.2 Å². The van der Waals surface area contributed by atoms with Gasteiger partial charge in [-0.25, -0.2) is 4.98 Å². The number of benzene rings is 1. The second kappa shape index (κ2) is 8.95. The highest BCUT2D eigenvalue weighted by molar-refractivity contribution is 6.30. The van der Waals surface area contributed by atoms with Crippen LogP contribution in [0.3, 0.4) is 0 Å². The maximum atomic E-state index is 12.6. The smallest absolute Gasteiger partial charge is 0.251 e. The normalized spacial score (nSPS) is 19.2. The van der Waals surface area contributed by atoms with Crippen molar-refractivity contribution in [2.24, 2.45) is 0 Å². The van der Waals surface area contributed by atoms with Crippen molar-refractivity contribution in [1.82, 2.24) is 10.3 Å². The lowest BCUT2D eigenvalue weighted by atomic mass is 9.92. The Morgan fingerprint density at radius 2 is 1.74 bits per heavy atom. The van der Waals surface area contributed by atoms with Gasteiger partial charge in [0.2, 0.25) is 5.88 Å². The van der Waals surface area contributed by atoms with Crippen LogP contribution >= 0.6 is 11.6 Å². The summed E-state index contributed by atoms with van der Waals surface area (Å²) in [4.78, 5) is 16.7. The van der Waals surface area contributed by atoms with Crippen LogP contribution in [0.4, 0.5) is 0 Å². The molecule has 0 spiro atoms. The fraction of sp³-hybridized carbons (Fsp3) is 0.400. The predicted octanol–water partition coefficient (Wildman–Crippen LogP) is 3.87. The number of amides is 1. The maximum Gasteiger partial charge on any atom is 0.251 e. The van der Waals surface area contributed by atoms with Gasteiger partial charge in [0.1, 0.15) is 17.6 Å². The number of hydrogen-bond acceptors (Lipinski definition) is 5. The molecule has 1 amide bonds.